The summed E-state index contributed by atoms with van der Waals surface area (Å²) in [4.78, 5) is 26.1. The number of ether oxygens (including phenoxy) is 1. The minimum Gasteiger partial charge on any atom is -0.452 e. The van der Waals surface area contributed by atoms with Crippen LogP contribution in [0.15, 0.2) is 18.2 Å². The van der Waals surface area contributed by atoms with E-state index in [9.17, 15) is 18.0 Å². The molecule has 1 fully saturated rings. The first kappa shape index (κ1) is 19.3. The summed E-state index contributed by atoms with van der Waals surface area (Å²) >= 11 is 0. The molecular formula is C17H22N4O5S. The van der Waals surface area contributed by atoms with Gasteiger partial charge in [-0.05, 0) is 38.5 Å². The molecule has 9 nitrogen and oxygen atoms in total. The van der Waals surface area contributed by atoms with Crippen LogP contribution in [0.3, 0.4) is 0 Å². The van der Waals surface area contributed by atoms with Gasteiger partial charge in [-0.15, -0.1) is 5.10 Å². The Morgan fingerprint density at radius 2 is 2.11 bits per heavy atom. The van der Waals surface area contributed by atoms with Gasteiger partial charge in [0.2, 0.25) is 0 Å². The third kappa shape index (κ3) is 4.10. The Morgan fingerprint density at radius 3 is 2.74 bits per heavy atom. The number of fused-ring (bicyclic) bond motifs is 1. The smallest absolute Gasteiger partial charge is 0.338 e. The second kappa shape index (κ2) is 7.63. The summed E-state index contributed by atoms with van der Waals surface area (Å²) in [6.45, 7) is 4.32. The van der Waals surface area contributed by atoms with Crippen molar-refractivity contribution in [3.8, 4) is 0 Å². The normalized spacial score (nSPS) is 18.5. The molecule has 2 aromatic rings. The van der Waals surface area contributed by atoms with Crippen molar-refractivity contribution in [2.24, 2.45) is 0 Å². The third-order valence-electron chi connectivity index (χ3n) is 4.69. The van der Waals surface area contributed by atoms with Crippen molar-refractivity contribution in [2.45, 2.75) is 32.9 Å². The Balaban J connectivity index is 1.63. The van der Waals surface area contributed by atoms with Gasteiger partial charge in [0.15, 0.2) is 16.4 Å². The van der Waals surface area contributed by atoms with E-state index in [4.69, 9.17) is 4.74 Å². The van der Waals surface area contributed by atoms with Crippen molar-refractivity contribution in [1.29, 1.82) is 0 Å². The molecule has 0 N–H and O–H groups in total. The molecule has 3 rings (SSSR count). The van der Waals surface area contributed by atoms with Gasteiger partial charge in [0.25, 0.3) is 5.91 Å². The molecule has 1 saturated heterocycles. The molecule has 1 aromatic carbocycles. The maximum atomic E-state index is 12.4. The second-order valence-corrected chi connectivity index (χ2v) is 8.65. The molecule has 10 heteroatoms. The monoisotopic (exact) mass is 394 g/mol. The number of aromatic nitrogens is 3. The number of carbonyl (C=O) groups excluding carboxylic acids is 2. The maximum Gasteiger partial charge on any atom is 0.338 e. The lowest BCUT2D eigenvalue weighted by Gasteiger charge is -2.26. The minimum absolute atomic E-state index is 0.0374. The van der Waals surface area contributed by atoms with Crippen LogP contribution in [-0.2, 0) is 25.9 Å². The summed E-state index contributed by atoms with van der Waals surface area (Å²) in [6, 6.07) is 4.55. The van der Waals surface area contributed by atoms with Crippen molar-refractivity contribution < 1.29 is 22.7 Å². The average Bonchev–Trinajstić information content (AvgIpc) is 3.22. The number of likely N-dealkylation sites (N-methyl/N-ethyl adjacent to an activating group) is 1. The number of sulfone groups is 1. The average molecular weight is 394 g/mol. The van der Waals surface area contributed by atoms with Crippen LogP contribution in [0.2, 0.25) is 0 Å². The molecule has 1 aliphatic rings. The van der Waals surface area contributed by atoms with Crippen molar-refractivity contribution in [1.82, 2.24) is 19.9 Å². The second-order valence-electron chi connectivity index (χ2n) is 6.42. The van der Waals surface area contributed by atoms with E-state index < -0.39 is 28.3 Å². The predicted molar refractivity (Wildman–Crippen MR) is 97.9 cm³/mol. The zero-order chi connectivity index (χ0) is 19.6. The van der Waals surface area contributed by atoms with Crippen LogP contribution in [0.5, 0.6) is 0 Å². The van der Waals surface area contributed by atoms with Crippen LogP contribution in [0.25, 0.3) is 11.0 Å². The highest BCUT2D eigenvalue weighted by atomic mass is 32.2. The van der Waals surface area contributed by atoms with E-state index in [1.165, 1.54) is 4.90 Å². The number of carbonyl (C=O) groups is 2. The van der Waals surface area contributed by atoms with Gasteiger partial charge in [-0.1, -0.05) is 5.21 Å². The zero-order valence-corrected chi connectivity index (χ0v) is 16.1. The standard InChI is InChI=1S/C17H22N4O5S/c1-3-20(13-7-8-27(24,25)11-13)16(22)10-26-17(23)12-5-6-15-14(9-12)18-19-21(15)4-2/h5-6,9,13H,3-4,7-8,10-11H2,1-2H3/t13-/m0/s1. The summed E-state index contributed by atoms with van der Waals surface area (Å²) in [5, 5.41) is 7.99. The van der Waals surface area contributed by atoms with Gasteiger partial charge in [-0.3, -0.25) is 4.79 Å². The molecule has 0 spiro atoms. The van der Waals surface area contributed by atoms with Crippen LogP contribution >= 0.6 is 0 Å². The number of hydrogen-bond acceptors (Lipinski definition) is 7. The van der Waals surface area contributed by atoms with Gasteiger partial charge < -0.3 is 9.64 Å². The highest BCUT2D eigenvalue weighted by Gasteiger charge is 2.34. The Hall–Kier alpha value is -2.49. The highest BCUT2D eigenvalue weighted by molar-refractivity contribution is 7.91. The van der Waals surface area contributed by atoms with E-state index in [0.29, 0.717) is 25.0 Å². The molecule has 0 bridgehead atoms. The molecule has 0 saturated carbocycles. The molecule has 0 unspecified atom stereocenters. The quantitative estimate of drug-likeness (QED) is 0.661. The molecule has 0 aliphatic carbocycles. The molecule has 1 aromatic heterocycles. The number of amides is 1. The fraction of sp³-hybridized carbons (Fsp3) is 0.529. The molecule has 2 heterocycles. The van der Waals surface area contributed by atoms with Crippen LogP contribution in [0.4, 0.5) is 0 Å². The van der Waals surface area contributed by atoms with Gasteiger partial charge in [-0.25, -0.2) is 17.9 Å². The van der Waals surface area contributed by atoms with Crippen molar-refractivity contribution in [2.75, 3.05) is 24.7 Å². The van der Waals surface area contributed by atoms with E-state index in [1.54, 1.807) is 29.8 Å². The third-order valence-corrected chi connectivity index (χ3v) is 6.44. The molecule has 146 valence electrons. The van der Waals surface area contributed by atoms with Gasteiger partial charge in [-0.2, -0.15) is 0 Å². The minimum atomic E-state index is -3.10. The molecule has 1 amide bonds. The fourth-order valence-corrected chi connectivity index (χ4v) is 5.02. The van der Waals surface area contributed by atoms with Crippen molar-refractivity contribution in [3.05, 3.63) is 23.8 Å². The van der Waals surface area contributed by atoms with E-state index in [0.717, 1.165) is 5.52 Å². The van der Waals surface area contributed by atoms with E-state index >= 15 is 0 Å². The molecule has 1 aliphatic heterocycles. The van der Waals surface area contributed by atoms with Gasteiger partial charge >= 0.3 is 5.97 Å². The molecule has 1 atom stereocenters. The summed E-state index contributed by atoms with van der Waals surface area (Å²) in [7, 11) is -3.10. The molecular weight excluding hydrogens is 372 g/mol. The Bertz CT molecular complexity index is 969. The van der Waals surface area contributed by atoms with Gasteiger partial charge in [0, 0.05) is 19.1 Å². The summed E-state index contributed by atoms with van der Waals surface area (Å²) in [6.07, 6.45) is 0.416. The number of benzene rings is 1. The van der Waals surface area contributed by atoms with Gasteiger partial charge in [0.05, 0.1) is 22.6 Å². The largest absolute Gasteiger partial charge is 0.452 e. The fourth-order valence-electron chi connectivity index (χ4n) is 3.29. The predicted octanol–water partition coefficient (Wildman–Crippen LogP) is 0.644. The molecule has 0 radical (unpaired) electrons. The number of esters is 1. The Labute approximate surface area is 157 Å². The van der Waals surface area contributed by atoms with E-state index in [2.05, 4.69) is 10.3 Å². The lowest BCUT2D eigenvalue weighted by Crippen LogP contribution is -2.43. The molecule has 27 heavy (non-hydrogen) atoms. The number of rotatable bonds is 6. The van der Waals surface area contributed by atoms with Crippen molar-refractivity contribution >= 4 is 32.7 Å². The topological polar surface area (TPSA) is 111 Å². The summed E-state index contributed by atoms with van der Waals surface area (Å²) < 4.78 is 30.1. The first-order chi connectivity index (χ1) is 12.8. The maximum absolute atomic E-state index is 12.4. The van der Waals surface area contributed by atoms with Crippen molar-refractivity contribution in [3.63, 3.8) is 0 Å². The van der Waals surface area contributed by atoms with Crippen LogP contribution in [0, 0.1) is 0 Å². The number of nitrogens with zero attached hydrogens (tertiary/aromatic N) is 4. The first-order valence-corrected chi connectivity index (χ1v) is 10.7. The van der Waals surface area contributed by atoms with E-state index in [1.807, 2.05) is 6.92 Å². The Morgan fingerprint density at radius 1 is 1.33 bits per heavy atom. The lowest BCUT2D eigenvalue weighted by atomic mass is 10.2. The Kier molecular flexibility index (Phi) is 5.45. The van der Waals surface area contributed by atoms with Crippen LogP contribution in [0.1, 0.15) is 30.6 Å². The van der Waals surface area contributed by atoms with Crippen LogP contribution in [-0.4, -0.2) is 70.9 Å². The summed E-state index contributed by atoms with van der Waals surface area (Å²) in [5.74, 6) is -0.985. The summed E-state index contributed by atoms with van der Waals surface area (Å²) in [5.41, 5.74) is 1.67. The number of hydrogen-bond donors (Lipinski definition) is 0. The highest BCUT2D eigenvalue weighted by Crippen LogP contribution is 2.18. The van der Waals surface area contributed by atoms with Crippen LogP contribution < -0.4 is 0 Å². The zero-order valence-electron chi connectivity index (χ0n) is 15.3. The first-order valence-electron chi connectivity index (χ1n) is 8.85. The lowest BCUT2D eigenvalue weighted by molar-refractivity contribution is -0.136. The van der Waals surface area contributed by atoms with E-state index in [-0.39, 0.29) is 23.1 Å². The number of aryl methyl sites for hydroxylation is 1. The SMILES string of the molecule is CCN(C(=O)COC(=O)c1ccc2c(c1)nnn2CC)[C@H]1CCS(=O)(=O)C1. The van der Waals surface area contributed by atoms with Gasteiger partial charge in [0.1, 0.15) is 5.52 Å².